The van der Waals surface area contributed by atoms with Crippen molar-refractivity contribution < 1.29 is 14.3 Å². The van der Waals surface area contributed by atoms with Crippen LogP contribution >= 0.6 is 0 Å². The highest BCUT2D eigenvalue weighted by molar-refractivity contribution is 5.81. The number of hydrogen-bond donors (Lipinski definition) is 1. The Kier molecular flexibility index (Phi) is 3.74. The van der Waals surface area contributed by atoms with E-state index in [1.807, 2.05) is 37.3 Å². The summed E-state index contributed by atoms with van der Waals surface area (Å²) in [6, 6.07) is 14.3. The van der Waals surface area contributed by atoms with Crippen LogP contribution in [0, 0.1) is 6.92 Å². The Balaban J connectivity index is 1.56. The predicted octanol–water partition coefficient (Wildman–Crippen LogP) is 3.02. The number of aromatic nitrogens is 2. The molecule has 0 amide bonds. The number of rotatable bonds is 4. The second kappa shape index (κ2) is 6.07. The maximum absolute atomic E-state index is 11.5. The summed E-state index contributed by atoms with van der Waals surface area (Å²) in [6.07, 6.45) is 0.703. The molecule has 1 atom stereocenters. The highest BCUT2D eigenvalue weighted by atomic mass is 16.5. The Morgan fingerprint density at radius 3 is 2.96 bits per heavy atom. The van der Waals surface area contributed by atoms with Gasteiger partial charge in [-0.15, -0.1) is 0 Å². The maximum atomic E-state index is 11.5. The zero-order valence-electron chi connectivity index (χ0n) is 13.5. The molecule has 0 saturated heterocycles. The topological polar surface area (TPSA) is 77.5 Å². The van der Waals surface area contributed by atoms with E-state index >= 15 is 0 Å². The van der Waals surface area contributed by atoms with Gasteiger partial charge >= 0.3 is 5.63 Å². The van der Waals surface area contributed by atoms with Gasteiger partial charge in [-0.05, 0) is 36.8 Å². The SMILES string of the molecule is Cc1cc(=O)oc2cc(OCC(O)n3cnc4ccccc43)ccc12. The Morgan fingerprint density at radius 1 is 1.24 bits per heavy atom. The summed E-state index contributed by atoms with van der Waals surface area (Å²) < 4.78 is 12.5. The molecule has 0 spiro atoms. The van der Waals surface area contributed by atoms with Crippen LogP contribution in [0.15, 0.2) is 64.1 Å². The van der Waals surface area contributed by atoms with Gasteiger partial charge in [0.2, 0.25) is 0 Å². The molecule has 4 aromatic rings. The molecule has 2 heterocycles. The maximum Gasteiger partial charge on any atom is 0.336 e. The predicted molar refractivity (Wildman–Crippen MR) is 93.7 cm³/mol. The molecular formula is C19H16N2O4. The van der Waals surface area contributed by atoms with E-state index in [-0.39, 0.29) is 6.61 Å². The van der Waals surface area contributed by atoms with E-state index in [9.17, 15) is 9.90 Å². The van der Waals surface area contributed by atoms with Crippen LogP contribution in [0.5, 0.6) is 5.75 Å². The van der Waals surface area contributed by atoms with Crippen LogP contribution in [-0.4, -0.2) is 21.3 Å². The number of aryl methyl sites for hydroxylation is 1. The molecule has 2 aromatic carbocycles. The number of nitrogens with zero attached hydrogens (tertiary/aromatic N) is 2. The summed E-state index contributed by atoms with van der Waals surface area (Å²) in [5.41, 5.74) is 2.56. The van der Waals surface area contributed by atoms with Gasteiger partial charge in [-0.1, -0.05) is 12.1 Å². The second-order valence-corrected chi connectivity index (χ2v) is 5.84. The Hall–Kier alpha value is -3.12. The molecular weight excluding hydrogens is 320 g/mol. The Morgan fingerprint density at radius 2 is 2.08 bits per heavy atom. The largest absolute Gasteiger partial charge is 0.489 e. The molecule has 6 heteroatoms. The van der Waals surface area contributed by atoms with Crippen LogP contribution in [0.25, 0.3) is 22.0 Å². The molecule has 1 unspecified atom stereocenters. The highest BCUT2D eigenvalue weighted by Gasteiger charge is 2.12. The van der Waals surface area contributed by atoms with Crippen molar-refractivity contribution in [1.29, 1.82) is 0 Å². The molecule has 0 aliphatic carbocycles. The minimum Gasteiger partial charge on any atom is -0.489 e. The molecule has 0 saturated carbocycles. The molecule has 4 rings (SSSR count). The lowest BCUT2D eigenvalue weighted by Crippen LogP contribution is -2.16. The van der Waals surface area contributed by atoms with Crippen LogP contribution in [0.1, 0.15) is 11.8 Å². The molecule has 0 radical (unpaired) electrons. The van der Waals surface area contributed by atoms with Gasteiger partial charge in [0.25, 0.3) is 0 Å². The molecule has 0 aliphatic rings. The highest BCUT2D eigenvalue weighted by Crippen LogP contribution is 2.23. The van der Waals surface area contributed by atoms with Gasteiger partial charge in [-0.3, -0.25) is 0 Å². The lowest BCUT2D eigenvalue weighted by Gasteiger charge is -2.14. The average Bonchev–Trinajstić information content (AvgIpc) is 3.03. The van der Waals surface area contributed by atoms with Crippen LogP contribution in [0.2, 0.25) is 0 Å². The van der Waals surface area contributed by atoms with Crippen molar-refractivity contribution >= 4 is 22.0 Å². The van der Waals surface area contributed by atoms with Crippen molar-refractivity contribution in [2.75, 3.05) is 6.61 Å². The summed E-state index contributed by atoms with van der Waals surface area (Å²) in [6.45, 7) is 1.90. The van der Waals surface area contributed by atoms with Crippen molar-refractivity contribution in [3.05, 3.63) is 70.8 Å². The number of imidazole rings is 1. The number of hydrogen-bond acceptors (Lipinski definition) is 5. The van der Waals surface area contributed by atoms with Crippen LogP contribution in [0.4, 0.5) is 0 Å². The van der Waals surface area contributed by atoms with Crippen LogP contribution in [-0.2, 0) is 0 Å². The van der Waals surface area contributed by atoms with Gasteiger partial charge in [0.1, 0.15) is 17.9 Å². The van der Waals surface area contributed by atoms with Crippen LogP contribution < -0.4 is 10.4 Å². The third-order valence-electron chi connectivity index (χ3n) is 4.12. The fraction of sp³-hybridized carbons (Fsp3) is 0.158. The van der Waals surface area contributed by atoms with Gasteiger partial charge in [0.15, 0.2) is 6.23 Å². The summed E-state index contributed by atoms with van der Waals surface area (Å²) >= 11 is 0. The van der Waals surface area contributed by atoms with E-state index in [1.54, 1.807) is 23.0 Å². The first kappa shape index (κ1) is 15.4. The van der Waals surface area contributed by atoms with E-state index < -0.39 is 11.9 Å². The molecule has 0 bridgehead atoms. The van der Waals surface area contributed by atoms with Crippen molar-refractivity contribution in [2.24, 2.45) is 0 Å². The molecule has 25 heavy (non-hydrogen) atoms. The summed E-state index contributed by atoms with van der Waals surface area (Å²) in [5, 5.41) is 11.2. The third-order valence-corrected chi connectivity index (χ3v) is 4.12. The first-order valence-electron chi connectivity index (χ1n) is 7.89. The van der Waals surface area contributed by atoms with Gasteiger partial charge in [-0.25, -0.2) is 9.78 Å². The van der Waals surface area contributed by atoms with Crippen molar-refractivity contribution in [2.45, 2.75) is 13.2 Å². The molecule has 0 aliphatic heterocycles. The lowest BCUT2D eigenvalue weighted by atomic mass is 10.1. The molecule has 0 fully saturated rings. The fourth-order valence-corrected chi connectivity index (χ4v) is 2.86. The summed E-state index contributed by atoms with van der Waals surface area (Å²) in [4.78, 5) is 15.8. The van der Waals surface area contributed by atoms with E-state index in [2.05, 4.69) is 4.98 Å². The van der Waals surface area contributed by atoms with Crippen molar-refractivity contribution in [3.8, 4) is 5.75 Å². The normalized spacial score (nSPS) is 12.6. The standard InChI is InChI=1S/C19H16N2O4/c1-12-8-19(23)25-17-9-13(6-7-14(12)17)24-10-18(22)21-11-20-15-4-2-3-5-16(15)21/h2-9,11,18,22H,10H2,1H3. The van der Waals surface area contributed by atoms with E-state index in [1.165, 1.54) is 6.07 Å². The van der Waals surface area contributed by atoms with Crippen LogP contribution in [0.3, 0.4) is 0 Å². The fourth-order valence-electron chi connectivity index (χ4n) is 2.86. The molecule has 1 N–H and O–H groups in total. The number of ether oxygens (including phenoxy) is 1. The van der Waals surface area contributed by atoms with Gasteiger partial charge in [-0.2, -0.15) is 0 Å². The Bertz CT molecular complexity index is 1110. The first-order valence-corrected chi connectivity index (χ1v) is 7.89. The minimum atomic E-state index is -0.882. The second-order valence-electron chi connectivity index (χ2n) is 5.84. The van der Waals surface area contributed by atoms with Gasteiger partial charge in [0.05, 0.1) is 17.4 Å². The van der Waals surface area contributed by atoms with Gasteiger partial charge < -0.3 is 18.8 Å². The molecule has 2 aromatic heterocycles. The minimum absolute atomic E-state index is 0.0436. The zero-order valence-corrected chi connectivity index (χ0v) is 13.5. The van der Waals surface area contributed by atoms with Crippen molar-refractivity contribution in [3.63, 3.8) is 0 Å². The lowest BCUT2D eigenvalue weighted by molar-refractivity contribution is 0.0528. The summed E-state index contributed by atoms with van der Waals surface area (Å²) in [5.74, 6) is 0.518. The number of aliphatic hydroxyl groups is 1. The number of aliphatic hydroxyl groups excluding tert-OH is 1. The van der Waals surface area contributed by atoms with Gasteiger partial charge in [0, 0.05) is 17.5 Å². The molecule has 126 valence electrons. The first-order chi connectivity index (χ1) is 12.1. The quantitative estimate of drug-likeness (QED) is 0.580. The third kappa shape index (κ3) is 2.88. The number of fused-ring (bicyclic) bond motifs is 2. The monoisotopic (exact) mass is 336 g/mol. The zero-order chi connectivity index (χ0) is 17.4. The number of para-hydroxylation sites is 2. The average molecular weight is 336 g/mol. The van der Waals surface area contributed by atoms with Crippen molar-refractivity contribution in [1.82, 2.24) is 9.55 Å². The van der Waals surface area contributed by atoms with E-state index in [4.69, 9.17) is 9.15 Å². The van der Waals surface area contributed by atoms with E-state index in [0.29, 0.717) is 11.3 Å². The smallest absolute Gasteiger partial charge is 0.336 e. The van der Waals surface area contributed by atoms with E-state index in [0.717, 1.165) is 22.0 Å². The summed E-state index contributed by atoms with van der Waals surface area (Å²) in [7, 11) is 0. The molecule has 6 nitrogen and oxygen atoms in total. The number of benzene rings is 2. The Labute approximate surface area is 142 Å².